The third kappa shape index (κ3) is 3.86. The van der Waals surface area contributed by atoms with Crippen molar-refractivity contribution < 1.29 is 9.53 Å². The molecule has 0 aliphatic rings. The molecule has 3 nitrogen and oxygen atoms in total. The van der Waals surface area contributed by atoms with Crippen molar-refractivity contribution in [2.24, 2.45) is 0 Å². The molecular weight excluding hydrogens is 482 g/mol. The van der Waals surface area contributed by atoms with Crippen LogP contribution in [0.3, 0.4) is 0 Å². The van der Waals surface area contributed by atoms with Gasteiger partial charge in [0.15, 0.2) is 0 Å². The molecular formula is C23H15Br2NO2. The fraction of sp³-hybridized carbons (Fsp3) is 0.0435. The number of ether oxygens (including phenoxy) is 1. The number of carbonyl (C=O) groups is 1. The number of carbonyl (C=O) groups excluding carboxylic acids is 1. The fourth-order valence-electron chi connectivity index (χ4n) is 2.96. The van der Waals surface area contributed by atoms with E-state index in [1.165, 1.54) is 0 Å². The minimum Gasteiger partial charge on any atom is -0.423 e. The number of pyridine rings is 1. The van der Waals surface area contributed by atoms with Gasteiger partial charge in [-0.2, -0.15) is 0 Å². The molecule has 5 heteroatoms. The van der Waals surface area contributed by atoms with Crippen molar-refractivity contribution in [2.75, 3.05) is 0 Å². The highest BCUT2D eigenvalue weighted by Crippen LogP contribution is 2.29. The number of rotatable bonds is 3. The van der Waals surface area contributed by atoms with Crippen LogP contribution in [-0.2, 0) is 0 Å². The van der Waals surface area contributed by atoms with Crippen molar-refractivity contribution in [2.45, 2.75) is 6.92 Å². The summed E-state index contributed by atoms with van der Waals surface area (Å²) in [5.41, 5.74) is 3.77. The third-order valence-corrected chi connectivity index (χ3v) is 5.45. The van der Waals surface area contributed by atoms with E-state index in [0.29, 0.717) is 11.3 Å². The number of benzene rings is 3. The van der Waals surface area contributed by atoms with Crippen LogP contribution < -0.4 is 4.74 Å². The Bertz CT molecular complexity index is 1190. The van der Waals surface area contributed by atoms with E-state index in [1.54, 1.807) is 12.1 Å². The Balaban J connectivity index is 1.85. The topological polar surface area (TPSA) is 39.2 Å². The molecule has 0 aliphatic carbocycles. The van der Waals surface area contributed by atoms with E-state index >= 15 is 0 Å². The van der Waals surface area contributed by atoms with Gasteiger partial charge in [0.1, 0.15) is 5.75 Å². The summed E-state index contributed by atoms with van der Waals surface area (Å²) in [6, 6.07) is 22.8. The van der Waals surface area contributed by atoms with Gasteiger partial charge < -0.3 is 4.74 Å². The van der Waals surface area contributed by atoms with E-state index in [1.807, 2.05) is 67.6 Å². The Morgan fingerprint density at radius 3 is 2.36 bits per heavy atom. The maximum atomic E-state index is 13.1. The van der Waals surface area contributed by atoms with Crippen LogP contribution >= 0.6 is 31.9 Å². The number of para-hydroxylation sites is 1. The first-order valence-electron chi connectivity index (χ1n) is 8.65. The number of hydrogen-bond acceptors (Lipinski definition) is 3. The number of esters is 1. The Morgan fingerprint density at radius 1 is 0.893 bits per heavy atom. The molecule has 4 rings (SSSR count). The summed E-state index contributed by atoms with van der Waals surface area (Å²) < 4.78 is 7.56. The van der Waals surface area contributed by atoms with Crippen molar-refractivity contribution >= 4 is 48.7 Å². The summed E-state index contributed by atoms with van der Waals surface area (Å²) in [7, 11) is 0. The lowest BCUT2D eigenvalue weighted by molar-refractivity contribution is 0.0735. The second-order valence-corrected chi connectivity index (χ2v) is 8.21. The van der Waals surface area contributed by atoms with Crippen LogP contribution in [0.1, 0.15) is 15.9 Å². The highest BCUT2D eigenvalue weighted by atomic mass is 79.9. The predicted molar refractivity (Wildman–Crippen MR) is 119 cm³/mol. The van der Waals surface area contributed by atoms with Crippen molar-refractivity contribution in [3.8, 4) is 17.0 Å². The van der Waals surface area contributed by atoms with Crippen LogP contribution in [0.2, 0.25) is 0 Å². The van der Waals surface area contributed by atoms with Gasteiger partial charge in [-0.15, -0.1) is 0 Å². The highest BCUT2D eigenvalue weighted by molar-refractivity contribution is 9.10. The molecule has 0 radical (unpaired) electrons. The Morgan fingerprint density at radius 2 is 1.61 bits per heavy atom. The lowest BCUT2D eigenvalue weighted by Gasteiger charge is -2.11. The van der Waals surface area contributed by atoms with Gasteiger partial charge in [-0.1, -0.05) is 62.2 Å². The monoisotopic (exact) mass is 495 g/mol. The molecule has 1 heterocycles. The van der Waals surface area contributed by atoms with Crippen LogP contribution in [-0.4, -0.2) is 11.0 Å². The Hall–Kier alpha value is -2.50. The number of aromatic nitrogens is 1. The number of fused-ring (bicyclic) bond motifs is 1. The smallest absolute Gasteiger partial charge is 0.344 e. The summed E-state index contributed by atoms with van der Waals surface area (Å²) in [5, 5.41) is 0.744. The largest absolute Gasteiger partial charge is 0.423 e. The van der Waals surface area contributed by atoms with Crippen molar-refractivity contribution in [3.05, 3.63) is 92.9 Å². The number of halogens is 2. The van der Waals surface area contributed by atoms with E-state index in [4.69, 9.17) is 9.72 Å². The molecule has 0 atom stereocenters. The van der Waals surface area contributed by atoms with Gasteiger partial charge >= 0.3 is 5.97 Å². The lowest BCUT2D eigenvalue weighted by Crippen LogP contribution is -2.11. The zero-order chi connectivity index (χ0) is 19.7. The predicted octanol–water partition coefficient (Wildman–Crippen LogP) is 6.95. The summed E-state index contributed by atoms with van der Waals surface area (Å²) >= 11 is 6.93. The molecule has 0 spiro atoms. The molecule has 138 valence electrons. The molecule has 0 amide bonds. The first-order valence-corrected chi connectivity index (χ1v) is 10.2. The van der Waals surface area contributed by atoms with Crippen molar-refractivity contribution in [1.82, 2.24) is 4.98 Å². The van der Waals surface area contributed by atoms with Crippen LogP contribution in [0.15, 0.2) is 81.7 Å². The van der Waals surface area contributed by atoms with Crippen molar-refractivity contribution in [1.29, 1.82) is 0 Å². The minimum absolute atomic E-state index is 0.404. The maximum Gasteiger partial charge on any atom is 0.344 e. The number of hydrogen-bond donors (Lipinski definition) is 0. The SMILES string of the molecule is Cc1ccccc1OC(=O)c1cc(-c2ccc(Br)cc2)nc2ccc(Br)cc12. The van der Waals surface area contributed by atoms with E-state index in [-0.39, 0.29) is 0 Å². The number of aryl methyl sites for hydroxylation is 1. The van der Waals surface area contributed by atoms with E-state index in [2.05, 4.69) is 31.9 Å². The second-order valence-electron chi connectivity index (χ2n) is 6.38. The molecule has 1 aromatic heterocycles. The summed E-state index contributed by atoms with van der Waals surface area (Å²) in [6.07, 6.45) is 0. The van der Waals surface area contributed by atoms with E-state index in [9.17, 15) is 4.79 Å². The van der Waals surface area contributed by atoms with Gasteiger partial charge in [0.05, 0.1) is 16.8 Å². The first-order chi connectivity index (χ1) is 13.5. The average molecular weight is 497 g/mol. The first kappa shape index (κ1) is 18.8. The van der Waals surface area contributed by atoms with E-state index in [0.717, 1.165) is 36.7 Å². The van der Waals surface area contributed by atoms with Crippen LogP contribution in [0, 0.1) is 6.92 Å². The molecule has 28 heavy (non-hydrogen) atoms. The van der Waals surface area contributed by atoms with Crippen LogP contribution in [0.25, 0.3) is 22.2 Å². The van der Waals surface area contributed by atoms with Gasteiger partial charge in [-0.05, 0) is 55.0 Å². The van der Waals surface area contributed by atoms with Gasteiger partial charge in [0.2, 0.25) is 0 Å². The molecule has 0 aliphatic heterocycles. The normalized spacial score (nSPS) is 10.8. The molecule has 0 N–H and O–H groups in total. The zero-order valence-electron chi connectivity index (χ0n) is 14.9. The Labute approximate surface area is 179 Å². The molecule has 0 saturated carbocycles. The molecule has 0 fully saturated rings. The van der Waals surface area contributed by atoms with Gasteiger partial charge in [-0.25, -0.2) is 9.78 Å². The maximum absolute atomic E-state index is 13.1. The molecule has 4 aromatic rings. The molecule has 0 bridgehead atoms. The van der Waals surface area contributed by atoms with Crippen molar-refractivity contribution in [3.63, 3.8) is 0 Å². The summed E-state index contributed by atoms with van der Waals surface area (Å²) in [6.45, 7) is 1.91. The van der Waals surface area contributed by atoms with Gasteiger partial charge in [0, 0.05) is 19.9 Å². The Kier molecular flexibility index (Phi) is 5.29. The fourth-order valence-corrected chi connectivity index (χ4v) is 3.59. The highest BCUT2D eigenvalue weighted by Gasteiger charge is 2.17. The van der Waals surface area contributed by atoms with Crippen LogP contribution in [0.4, 0.5) is 0 Å². The van der Waals surface area contributed by atoms with Crippen LogP contribution in [0.5, 0.6) is 5.75 Å². The lowest BCUT2D eigenvalue weighted by atomic mass is 10.0. The third-order valence-electron chi connectivity index (χ3n) is 4.43. The second kappa shape index (κ2) is 7.86. The quantitative estimate of drug-likeness (QED) is 0.227. The van der Waals surface area contributed by atoms with E-state index < -0.39 is 5.97 Å². The standard InChI is InChI=1S/C23H15Br2NO2/c1-14-4-2-3-5-22(14)28-23(27)19-13-21(15-6-8-16(24)9-7-15)26-20-11-10-17(25)12-18(19)20/h2-13H,1H3. The zero-order valence-corrected chi connectivity index (χ0v) is 18.1. The minimum atomic E-state index is -0.404. The molecule has 0 unspecified atom stereocenters. The number of nitrogens with zero attached hydrogens (tertiary/aromatic N) is 1. The summed E-state index contributed by atoms with van der Waals surface area (Å²) in [5.74, 6) is 0.149. The summed E-state index contributed by atoms with van der Waals surface area (Å²) in [4.78, 5) is 17.8. The average Bonchev–Trinajstić information content (AvgIpc) is 2.69. The van der Waals surface area contributed by atoms with Gasteiger partial charge in [0.25, 0.3) is 0 Å². The van der Waals surface area contributed by atoms with Gasteiger partial charge in [-0.3, -0.25) is 0 Å². The molecule has 0 saturated heterocycles. The molecule has 3 aromatic carbocycles.